The number of pyridine rings is 1. The van der Waals surface area contributed by atoms with Crippen LogP contribution in [0.2, 0.25) is 0 Å². The number of amides is 2. The Kier molecular flexibility index (Phi) is 6.94. The van der Waals surface area contributed by atoms with Crippen LogP contribution in [0.4, 0.5) is 15.4 Å². The molecule has 0 radical (unpaired) electrons. The predicted molar refractivity (Wildman–Crippen MR) is 100 cm³/mol. The van der Waals surface area contributed by atoms with Crippen molar-refractivity contribution in [1.82, 2.24) is 4.98 Å². The third-order valence-electron chi connectivity index (χ3n) is 3.03. The molecule has 0 aliphatic heterocycles. The minimum atomic E-state index is -0.983. The van der Waals surface area contributed by atoms with Gasteiger partial charge in [-0.25, -0.2) is 14.6 Å². The molecule has 2 amide bonds. The lowest BCUT2D eigenvalue weighted by Crippen LogP contribution is -2.44. The van der Waals surface area contributed by atoms with E-state index in [-0.39, 0.29) is 29.5 Å². The van der Waals surface area contributed by atoms with E-state index in [1.807, 2.05) is 0 Å². The molecule has 0 bridgehead atoms. The van der Waals surface area contributed by atoms with E-state index in [0.29, 0.717) is 4.90 Å². The molecule has 0 saturated heterocycles. The van der Waals surface area contributed by atoms with Crippen molar-refractivity contribution in [2.75, 3.05) is 12.0 Å². The molecule has 1 aromatic rings. The van der Waals surface area contributed by atoms with Crippen LogP contribution in [0.25, 0.3) is 0 Å². The number of ether oxygens (including phenoxy) is 3. The SMILES string of the molecule is CCC(=O)c1ccc(OC)c(N(C(=O)OC(C)(C)C)C(=O)OC(C)(C)C)n1. The van der Waals surface area contributed by atoms with Gasteiger partial charge in [0.05, 0.1) is 7.11 Å². The molecule has 0 N–H and O–H groups in total. The summed E-state index contributed by atoms with van der Waals surface area (Å²) in [6.07, 6.45) is -1.75. The first kappa shape index (κ1) is 22.4. The van der Waals surface area contributed by atoms with Gasteiger partial charge in [-0.05, 0) is 53.7 Å². The molecule has 0 aliphatic rings. The van der Waals surface area contributed by atoms with E-state index in [9.17, 15) is 14.4 Å². The minimum Gasteiger partial charge on any atom is -0.493 e. The van der Waals surface area contributed by atoms with Gasteiger partial charge in [0, 0.05) is 6.42 Å². The maximum atomic E-state index is 12.7. The third kappa shape index (κ3) is 6.54. The topological polar surface area (TPSA) is 95.0 Å². The number of hydrogen-bond donors (Lipinski definition) is 0. The third-order valence-corrected chi connectivity index (χ3v) is 3.03. The molecule has 1 aromatic heterocycles. The zero-order chi connectivity index (χ0) is 21.0. The fourth-order valence-corrected chi connectivity index (χ4v) is 1.95. The Hall–Kier alpha value is -2.64. The summed E-state index contributed by atoms with van der Waals surface area (Å²) in [5.74, 6) is -0.285. The Labute approximate surface area is 159 Å². The van der Waals surface area contributed by atoms with Gasteiger partial charge in [0.15, 0.2) is 17.4 Å². The zero-order valence-electron chi connectivity index (χ0n) is 17.2. The highest BCUT2D eigenvalue weighted by molar-refractivity contribution is 6.10. The zero-order valence-corrected chi connectivity index (χ0v) is 17.2. The van der Waals surface area contributed by atoms with Gasteiger partial charge in [-0.2, -0.15) is 4.90 Å². The normalized spacial score (nSPS) is 11.6. The fraction of sp³-hybridized carbons (Fsp3) is 0.579. The van der Waals surface area contributed by atoms with E-state index >= 15 is 0 Å². The van der Waals surface area contributed by atoms with Gasteiger partial charge < -0.3 is 14.2 Å². The summed E-state index contributed by atoms with van der Waals surface area (Å²) in [6.45, 7) is 11.7. The number of anilines is 1. The molecule has 0 spiro atoms. The maximum absolute atomic E-state index is 12.7. The number of ketones is 1. The minimum absolute atomic E-state index is 0.102. The van der Waals surface area contributed by atoms with Crippen LogP contribution in [0.3, 0.4) is 0 Å². The Balaban J connectivity index is 3.51. The first-order valence-electron chi connectivity index (χ1n) is 8.63. The molecule has 0 aromatic carbocycles. The first-order valence-corrected chi connectivity index (χ1v) is 8.63. The predicted octanol–water partition coefficient (Wildman–Crippen LogP) is 4.36. The molecular formula is C19H28N2O6. The Morgan fingerprint density at radius 1 is 0.963 bits per heavy atom. The van der Waals surface area contributed by atoms with Crippen LogP contribution in [0.5, 0.6) is 5.75 Å². The van der Waals surface area contributed by atoms with Crippen molar-refractivity contribution < 1.29 is 28.6 Å². The quantitative estimate of drug-likeness (QED) is 0.716. The second-order valence-corrected chi connectivity index (χ2v) is 7.80. The van der Waals surface area contributed by atoms with Gasteiger partial charge >= 0.3 is 12.2 Å². The Morgan fingerprint density at radius 2 is 1.44 bits per heavy atom. The molecule has 0 aliphatic carbocycles. The van der Waals surface area contributed by atoms with Crippen LogP contribution in [0, 0.1) is 0 Å². The molecule has 27 heavy (non-hydrogen) atoms. The van der Waals surface area contributed by atoms with Crippen molar-refractivity contribution >= 4 is 23.8 Å². The lowest BCUT2D eigenvalue weighted by atomic mass is 10.2. The van der Waals surface area contributed by atoms with Crippen LogP contribution in [-0.2, 0) is 9.47 Å². The summed E-state index contributed by atoms with van der Waals surface area (Å²) in [5.41, 5.74) is -1.62. The number of carbonyl (C=O) groups is 3. The van der Waals surface area contributed by atoms with Gasteiger partial charge in [-0.3, -0.25) is 4.79 Å². The summed E-state index contributed by atoms with van der Waals surface area (Å²) in [7, 11) is 1.37. The molecule has 0 saturated carbocycles. The van der Waals surface area contributed by atoms with Crippen LogP contribution < -0.4 is 9.64 Å². The summed E-state index contributed by atoms with van der Waals surface area (Å²) >= 11 is 0. The van der Waals surface area contributed by atoms with E-state index in [1.54, 1.807) is 48.5 Å². The average Bonchev–Trinajstić information content (AvgIpc) is 2.50. The monoisotopic (exact) mass is 380 g/mol. The van der Waals surface area contributed by atoms with E-state index in [0.717, 1.165) is 0 Å². The van der Waals surface area contributed by atoms with E-state index in [1.165, 1.54) is 19.2 Å². The number of hydrogen-bond acceptors (Lipinski definition) is 7. The van der Waals surface area contributed by atoms with Crippen LogP contribution in [0.1, 0.15) is 65.4 Å². The number of carbonyl (C=O) groups excluding carboxylic acids is 3. The van der Waals surface area contributed by atoms with Crippen molar-refractivity contribution in [3.63, 3.8) is 0 Å². The summed E-state index contributed by atoms with van der Waals surface area (Å²) < 4.78 is 15.9. The highest BCUT2D eigenvalue weighted by Crippen LogP contribution is 2.29. The molecular weight excluding hydrogens is 352 g/mol. The molecule has 8 heteroatoms. The molecule has 8 nitrogen and oxygen atoms in total. The van der Waals surface area contributed by atoms with Gasteiger partial charge in [0.25, 0.3) is 0 Å². The molecule has 0 fully saturated rings. The summed E-state index contributed by atoms with van der Waals surface area (Å²) in [5, 5.41) is 0. The Bertz CT molecular complexity index is 688. The second-order valence-electron chi connectivity index (χ2n) is 7.80. The van der Waals surface area contributed by atoms with Gasteiger partial charge in [0.1, 0.15) is 16.9 Å². The summed E-state index contributed by atoms with van der Waals surface area (Å²) in [4.78, 5) is 42.3. The summed E-state index contributed by atoms with van der Waals surface area (Å²) in [6, 6.07) is 2.93. The highest BCUT2D eigenvalue weighted by Gasteiger charge is 2.36. The Morgan fingerprint density at radius 3 is 1.81 bits per heavy atom. The number of aromatic nitrogens is 1. The lowest BCUT2D eigenvalue weighted by Gasteiger charge is -2.28. The molecule has 0 atom stereocenters. The van der Waals surface area contributed by atoms with Gasteiger partial charge in [-0.15, -0.1) is 0 Å². The number of rotatable bonds is 4. The smallest absolute Gasteiger partial charge is 0.425 e. The van der Waals surface area contributed by atoms with Crippen molar-refractivity contribution in [2.24, 2.45) is 0 Å². The van der Waals surface area contributed by atoms with Gasteiger partial charge in [-0.1, -0.05) is 6.92 Å². The van der Waals surface area contributed by atoms with Crippen molar-refractivity contribution in [2.45, 2.75) is 66.1 Å². The second kappa shape index (κ2) is 8.37. The van der Waals surface area contributed by atoms with Crippen LogP contribution >= 0.6 is 0 Å². The fourth-order valence-electron chi connectivity index (χ4n) is 1.95. The largest absolute Gasteiger partial charge is 0.493 e. The van der Waals surface area contributed by atoms with Crippen molar-refractivity contribution in [3.8, 4) is 5.75 Å². The van der Waals surface area contributed by atoms with Crippen LogP contribution in [-0.4, -0.2) is 41.3 Å². The average molecular weight is 380 g/mol. The molecule has 1 rings (SSSR count). The lowest BCUT2D eigenvalue weighted by molar-refractivity contribution is 0.0427. The number of Topliss-reactive ketones (excluding diaryl/α,β-unsaturated/α-hetero) is 1. The maximum Gasteiger partial charge on any atom is 0.425 e. The van der Waals surface area contributed by atoms with Gasteiger partial charge in [0.2, 0.25) is 0 Å². The van der Waals surface area contributed by atoms with E-state index in [4.69, 9.17) is 14.2 Å². The highest BCUT2D eigenvalue weighted by atomic mass is 16.6. The van der Waals surface area contributed by atoms with E-state index < -0.39 is 23.4 Å². The number of nitrogens with zero attached hydrogens (tertiary/aromatic N) is 2. The molecule has 150 valence electrons. The molecule has 0 unspecified atom stereocenters. The number of imide groups is 1. The van der Waals surface area contributed by atoms with Crippen molar-refractivity contribution in [1.29, 1.82) is 0 Å². The number of methoxy groups -OCH3 is 1. The van der Waals surface area contributed by atoms with Crippen molar-refractivity contribution in [3.05, 3.63) is 17.8 Å². The van der Waals surface area contributed by atoms with Crippen LogP contribution in [0.15, 0.2) is 12.1 Å². The standard InChI is InChI=1S/C19H28N2O6/c1-9-13(22)12-10-11-14(25-8)15(20-12)21(16(23)26-18(2,3)4)17(24)27-19(5,6)7/h10-11H,9H2,1-8H3. The first-order chi connectivity index (χ1) is 12.3. The molecule has 1 heterocycles. The van der Waals surface area contributed by atoms with E-state index in [2.05, 4.69) is 4.98 Å².